The molecular weight excluding hydrogens is 350 g/mol. The van der Waals surface area contributed by atoms with Crippen LogP contribution in [-0.4, -0.2) is 36.1 Å². The molecule has 0 radical (unpaired) electrons. The molecule has 0 unspecified atom stereocenters. The molecular formula is C20H29NO6. The maximum absolute atomic E-state index is 12.0. The van der Waals surface area contributed by atoms with Crippen molar-refractivity contribution in [1.29, 1.82) is 0 Å². The van der Waals surface area contributed by atoms with Gasteiger partial charge < -0.3 is 19.9 Å². The van der Waals surface area contributed by atoms with Crippen LogP contribution in [0.25, 0.3) is 0 Å². The number of carbonyl (C=O) groups excluding carboxylic acids is 3. The summed E-state index contributed by atoms with van der Waals surface area (Å²) in [4.78, 5) is 35.8. The van der Waals surface area contributed by atoms with Gasteiger partial charge in [-0.25, -0.2) is 4.79 Å². The van der Waals surface area contributed by atoms with E-state index in [9.17, 15) is 19.5 Å². The zero-order chi connectivity index (χ0) is 20.2. The molecule has 1 aromatic carbocycles. The summed E-state index contributed by atoms with van der Waals surface area (Å²) >= 11 is 0. The van der Waals surface area contributed by atoms with Crippen molar-refractivity contribution in [2.75, 3.05) is 7.11 Å². The number of carbonyl (C=O) groups is 3. The van der Waals surface area contributed by atoms with E-state index >= 15 is 0 Å². The number of benzene rings is 1. The van der Waals surface area contributed by atoms with E-state index in [2.05, 4.69) is 5.32 Å². The van der Waals surface area contributed by atoms with E-state index < -0.39 is 18.0 Å². The molecule has 1 rings (SSSR count). The number of hydrogen-bond donors (Lipinski definition) is 2. The number of amides is 1. The summed E-state index contributed by atoms with van der Waals surface area (Å²) in [6.07, 6.45) is 3.92. The highest BCUT2D eigenvalue weighted by Crippen LogP contribution is 2.28. The first-order chi connectivity index (χ1) is 12.9. The number of rotatable bonds is 11. The predicted molar refractivity (Wildman–Crippen MR) is 100 cm³/mol. The SMILES string of the molecule is CCCCC(=O)N[C@@H](Cc1ccc(O)c(OC(=O)CCCC)c1)C(=O)OC. The zero-order valence-corrected chi connectivity index (χ0v) is 16.2. The Bertz CT molecular complexity index is 643. The summed E-state index contributed by atoms with van der Waals surface area (Å²) in [6, 6.07) is 3.64. The van der Waals surface area contributed by atoms with Crippen molar-refractivity contribution in [1.82, 2.24) is 5.32 Å². The largest absolute Gasteiger partial charge is 0.504 e. The van der Waals surface area contributed by atoms with Gasteiger partial charge in [-0.2, -0.15) is 0 Å². The maximum Gasteiger partial charge on any atom is 0.328 e. The predicted octanol–water partition coefficient (Wildman–Crippen LogP) is 2.88. The molecule has 1 aromatic rings. The Labute approximate surface area is 160 Å². The van der Waals surface area contributed by atoms with Crippen LogP contribution in [0, 0.1) is 0 Å². The number of phenols is 1. The molecule has 7 nitrogen and oxygen atoms in total. The summed E-state index contributed by atoms with van der Waals surface area (Å²) in [6.45, 7) is 3.94. The van der Waals surface area contributed by atoms with Gasteiger partial charge in [-0.3, -0.25) is 9.59 Å². The van der Waals surface area contributed by atoms with Gasteiger partial charge in [0.15, 0.2) is 11.5 Å². The van der Waals surface area contributed by atoms with Crippen LogP contribution in [-0.2, 0) is 25.5 Å². The Morgan fingerprint density at radius 1 is 1.11 bits per heavy atom. The molecule has 0 saturated heterocycles. The third-order valence-electron chi connectivity index (χ3n) is 4.00. The molecule has 2 N–H and O–H groups in total. The molecule has 27 heavy (non-hydrogen) atoms. The van der Waals surface area contributed by atoms with Crippen LogP contribution < -0.4 is 10.1 Å². The van der Waals surface area contributed by atoms with Gasteiger partial charge in [0.1, 0.15) is 6.04 Å². The number of unbranched alkanes of at least 4 members (excludes halogenated alkanes) is 2. The smallest absolute Gasteiger partial charge is 0.328 e. The second-order valence-corrected chi connectivity index (χ2v) is 6.33. The standard InChI is InChI=1S/C20H29NO6/c1-4-6-8-18(23)21-15(20(25)26-3)12-14-10-11-16(22)17(13-14)27-19(24)9-7-5-2/h10-11,13,15,22H,4-9,12H2,1-3H3,(H,21,23)/t15-/m0/s1. The van der Waals surface area contributed by atoms with Crippen LogP contribution in [0.4, 0.5) is 0 Å². The molecule has 0 heterocycles. The Morgan fingerprint density at radius 2 is 1.78 bits per heavy atom. The van der Waals surface area contributed by atoms with E-state index in [-0.39, 0.29) is 30.2 Å². The number of phenolic OH excluding ortho intramolecular Hbond substituents is 1. The van der Waals surface area contributed by atoms with Gasteiger partial charge in [-0.15, -0.1) is 0 Å². The van der Waals surface area contributed by atoms with Crippen LogP contribution in [0.2, 0.25) is 0 Å². The van der Waals surface area contributed by atoms with E-state index in [1.54, 1.807) is 6.07 Å². The van der Waals surface area contributed by atoms with Gasteiger partial charge in [0.05, 0.1) is 7.11 Å². The van der Waals surface area contributed by atoms with Crippen molar-refractivity contribution >= 4 is 17.8 Å². The van der Waals surface area contributed by atoms with E-state index in [1.807, 2.05) is 13.8 Å². The summed E-state index contributed by atoms with van der Waals surface area (Å²) in [5, 5.41) is 12.6. The summed E-state index contributed by atoms with van der Waals surface area (Å²) in [7, 11) is 1.26. The normalized spacial score (nSPS) is 11.5. The van der Waals surface area contributed by atoms with Crippen LogP contribution in [0.15, 0.2) is 18.2 Å². The molecule has 0 aromatic heterocycles. The summed E-state index contributed by atoms with van der Waals surface area (Å²) in [5.74, 6) is -1.34. The highest BCUT2D eigenvalue weighted by Gasteiger charge is 2.22. The van der Waals surface area contributed by atoms with E-state index in [1.165, 1.54) is 19.2 Å². The molecule has 0 fully saturated rings. The second-order valence-electron chi connectivity index (χ2n) is 6.33. The number of nitrogens with one attached hydrogen (secondary N) is 1. The van der Waals surface area contributed by atoms with Crippen molar-refractivity contribution in [3.8, 4) is 11.5 Å². The van der Waals surface area contributed by atoms with Crippen LogP contribution >= 0.6 is 0 Å². The molecule has 150 valence electrons. The molecule has 0 bridgehead atoms. The lowest BCUT2D eigenvalue weighted by atomic mass is 10.0. The number of methoxy groups -OCH3 is 1. The minimum Gasteiger partial charge on any atom is -0.504 e. The maximum atomic E-state index is 12.0. The molecule has 7 heteroatoms. The first-order valence-corrected chi connectivity index (χ1v) is 9.31. The molecule has 0 aliphatic heterocycles. The van der Waals surface area contributed by atoms with E-state index in [0.717, 1.165) is 19.3 Å². The van der Waals surface area contributed by atoms with Gasteiger partial charge >= 0.3 is 11.9 Å². The van der Waals surface area contributed by atoms with Crippen LogP contribution in [0.1, 0.15) is 57.9 Å². The minimum absolute atomic E-state index is 0.0366. The lowest BCUT2D eigenvalue weighted by molar-refractivity contribution is -0.145. The molecule has 1 atom stereocenters. The molecule has 0 aliphatic carbocycles. The van der Waals surface area contributed by atoms with Gasteiger partial charge in [0, 0.05) is 19.3 Å². The molecule has 0 spiro atoms. The topological polar surface area (TPSA) is 102 Å². The van der Waals surface area contributed by atoms with Gasteiger partial charge in [-0.1, -0.05) is 32.8 Å². The fraction of sp³-hybridized carbons (Fsp3) is 0.550. The van der Waals surface area contributed by atoms with Crippen molar-refractivity contribution in [2.45, 2.75) is 64.8 Å². The summed E-state index contributed by atoms with van der Waals surface area (Å²) < 4.78 is 9.96. The number of hydrogen-bond acceptors (Lipinski definition) is 6. The fourth-order valence-electron chi connectivity index (χ4n) is 2.44. The average Bonchev–Trinajstić information content (AvgIpc) is 2.66. The van der Waals surface area contributed by atoms with Gasteiger partial charge in [0.25, 0.3) is 0 Å². The fourth-order valence-corrected chi connectivity index (χ4v) is 2.44. The zero-order valence-electron chi connectivity index (χ0n) is 16.2. The highest BCUT2D eigenvalue weighted by atomic mass is 16.5. The Hall–Kier alpha value is -2.57. The lowest BCUT2D eigenvalue weighted by Crippen LogP contribution is -2.43. The molecule has 0 saturated carbocycles. The molecule has 1 amide bonds. The second kappa shape index (κ2) is 11.9. The number of esters is 2. The third kappa shape index (κ3) is 8.11. The van der Waals surface area contributed by atoms with E-state index in [0.29, 0.717) is 18.4 Å². The monoisotopic (exact) mass is 379 g/mol. The number of aromatic hydroxyl groups is 1. The van der Waals surface area contributed by atoms with E-state index in [4.69, 9.17) is 9.47 Å². The van der Waals surface area contributed by atoms with Crippen molar-refractivity contribution < 1.29 is 29.0 Å². The Morgan fingerprint density at radius 3 is 2.41 bits per heavy atom. The number of ether oxygens (including phenoxy) is 2. The van der Waals surface area contributed by atoms with Crippen molar-refractivity contribution in [3.63, 3.8) is 0 Å². The van der Waals surface area contributed by atoms with Gasteiger partial charge in [-0.05, 0) is 30.5 Å². The third-order valence-corrected chi connectivity index (χ3v) is 4.00. The quantitative estimate of drug-likeness (QED) is 0.453. The van der Waals surface area contributed by atoms with Gasteiger partial charge in [0.2, 0.25) is 5.91 Å². The Kier molecular flexibility index (Phi) is 9.93. The van der Waals surface area contributed by atoms with Crippen LogP contribution in [0.5, 0.6) is 11.5 Å². The summed E-state index contributed by atoms with van der Waals surface area (Å²) in [5.41, 5.74) is 0.622. The van der Waals surface area contributed by atoms with Crippen molar-refractivity contribution in [3.05, 3.63) is 23.8 Å². The van der Waals surface area contributed by atoms with Crippen LogP contribution in [0.3, 0.4) is 0 Å². The molecule has 0 aliphatic rings. The Balaban J connectivity index is 2.85. The lowest BCUT2D eigenvalue weighted by Gasteiger charge is -2.17. The minimum atomic E-state index is -0.854. The average molecular weight is 379 g/mol. The van der Waals surface area contributed by atoms with Crippen molar-refractivity contribution in [2.24, 2.45) is 0 Å². The first kappa shape index (κ1) is 22.5. The highest BCUT2D eigenvalue weighted by molar-refractivity contribution is 5.84. The first-order valence-electron chi connectivity index (χ1n) is 9.31.